The van der Waals surface area contributed by atoms with E-state index in [1.165, 1.54) is 5.56 Å². The molecule has 0 fully saturated rings. The number of benzene rings is 1. The Bertz CT molecular complexity index is 431. The van der Waals surface area contributed by atoms with Gasteiger partial charge in [0.25, 0.3) is 0 Å². The summed E-state index contributed by atoms with van der Waals surface area (Å²) < 4.78 is 5.70. The highest BCUT2D eigenvalue weighted by Gasteiger charge is 2.15. The van der Waals surface area contributed by atoms with Crippen molar-refractivity contribution in [2.24, 2.45) is 5.73 Å². The van der Waals surface area contributed by atoms with Gasteiger partial charge in [-0.25, -0.2) is 0 Å². The highest BCUT2D eigenvalue weighted by atomic mass is 16.5. The maximum Gasteiger partial charge on any atom is 0.119 e. The summed E-state index contributed by atoms with van der Waals surface area (Å²) in [6.07, 6.45) is 3.68. The number of unbranched alkanes of at least 4 members (excludes halogenated alkanes) is 1. The summed E-state index contributed by atoms with van der Waals surface area (Å²) in [4.78, 5) is 0. The average Bonchev–Trinajstić information content (AvgIpc) is 2.46. The molecule has 3 heteroatoms. The lowest BCUT2D eigenvalue weighted by Crippen LogP contribution is -2.33. The van der Waals surface area contributed by atoms with Crippen LogP contribution < -0.4 is 10.5 Å². The van der Waals surface area contributed by atoms with E-state index in [1.807, 2.05) is 12.1 Å². The number of nitrogens with zero attached hydrogens (tertiary/aromatic N) is 1. The Morgan fingerprint density at radius 2 is 1.95 bits per heavy atom. The van der Waals surface area contributed by atoms with E-state index in [4.69, 9.17) is 15.7 Å². The molecular weight excluding hydrogens is 248 g/mol. The molecule has 0 aliphatic heterocycles. The van der Waals surface area contributed by atoms with E-state index in [2.05, 4.69) is 32.0 Å². The van der Waals surface area contributed by atoms with Gasteiger partial charge in [-0.1, -0.05) is 26.0 Å². The van der Waals surface area contributed by atoms with Gasteiger partial charge in [-0.15, -0.1) is 0 Å². The molecule has 3 nitrogen and oxygen atoms in total. The van der Waals surface area contributed by atoms with Crippen molar-refractivity contribution in [2.75, 3.05) is 6.61 Å². The number of hydrogen-bond donors (Lipinski definition) is 1. The SMILES string of the molecule is CCC(C)c1ccc(OCCCCC(C)(N)C#N)cc1. The Balaban J connectivity index is 2.28. The van der Waals surface area contributed by atoms with Crippen molar-refractivity contribution in [3.05, 3.63) is 29.8 Å². The second-order valence-electron chi connectivity index (χ2n) is 5.71. The van der Waals surface area contributed by atoms with E-state index in [9.17, 15) is 0 Å². The first-order valence-corrected chi connectivity index (χ1v) is 7.41. The van der Waals surface area contributed by atoms with E-state index < -0.39 is 5.54 Å². The predicted octanol–water partition coefficient (Wildman–Crippen LogP) is 3.99. The van der Waals surface area contributed by atoms with E-state index in [0.29, 0.717) is 18.9 Å². The van der Waals surface area contributed by atoms with Crippen LogP contribution in [0, 0.1) is 11.3 Å². The largest absolute Gasteiger partial charge is 0.494 e. The fraction of sp³-hybridized carbons (Fsp3) is 0.588. The van der Waals surface area contributed by atoms with Gasteiger partial charge in [0.2, 0.25) is 0 Å². The van der Waals surface area contributed by atoms with Gasteiger partial charge >= 0.3 is 0 Å². The van der Waals surface area contributed by atoms with Crippen molar-refractivity contribution in [1.29, 1.82) is 5.26 Å². The molecule has 0 amide bonds. The number of ether oxygens (including phenoxy) is 1. The summed E-state index contributed by atoms with van der Waals surface area (Å²) in [7, 11) is 0. The Morgan fingerprint density at radius 1 is 1.30 bits per heavy atom. The highest BCUT2D eigenvalue weighted by Crippen LogP contribution is 2.21. The summed E-state index contributed by atoms with van der Waals surface area (Å²) in [5.41, 5.74) is 6.41. The second kappa shape index (κ2) is 7.91. The van der Waals surface area contributed by atoms with Crippen LogP contribution in [0.1, 0.15) is 57.9 Å². The molecule has 2 atom stereocenters. The average molecular weight is 274 g/mol. The molecule has 0 aromatic heterocycles. The number of hydrogen-bond acceptors (Lipinski definition) is 3. The molecule has 1 aromatic carbocycles. The lowest BCUT2D eigenvalue weighted by atomic mass is 9.98. The van der Waals surface area contributed by atoms with Gasteiger partial charge in [-0.3, -0.25) is 0 Å². The number of nitriles is 1. The topological polar surface area (TPSA) is 59.0 Å². The first-order valence-electron chi connectivity index (χ1n) is 7.41. The van der Waals surface area contributed by atoms with Gasteiger partial charge in [-0.2, -0.15) is 5.26 Å². The minimum absolute atomic E-state index is 0.595. The van der Waals surface area contributed by atoms with Crippen LogP contribution in [0.2, 0.25) is 0 Å². The van der Waals surface area contributed by atoms with E-state index in [-0.39, 0.29) is 0 Å². The molecule has 0 heterocycles. The maximum atomic E-state index is 8.81. The van der Waals surface area contributed by atoms with E-state index in [1.54, 1.807) is 6.92 Å². The van der Waals surface area contributed by atoms with Gasteiger partial charge < -0.3 is 10.5 Å². The molecule has 20 heavy (non-hydrogen) atoms. The van der Waals surface area contributed by atoms with Crippen LogP contribution in [0.15, 0.2) is 24.3 Å². The molecule has 0 saturated heterocycles. The number of nitrogens with two attached hydrogens (primary N) is 1. The molecule has 110 valence electrons. The highest BCUT2D eigenvalue weighted by molar-refractivity contribution is 5.29. The quantitative estimate of drug-likeness (QED) is 0.729. The lowest BCUT2D eigenvalue weighted by Gasteiger charge is -2.15. The smallest absolute Gasteiger partial charge is 0.119 e. The minimum atomic E-state index is -0.710. The molecule has 0 aliphatic carbocycles. The van der Waals surface area contributed by atoms with Crippen LogP contribution in [-0.2, 0) is 0 Å². The van der Waals surface area contributed by atoms with Crippen LogP contribution in [0.25, 0.3) is 0 Å². The summed E-state index contributed by atoms with van der Waals surface area (Å²) in [5, 5.41) is 8.81. The lowest BCUT2D eigenvalue weighted by molar-refractivity contribution is 0.300. The standard InChI is InChI=1S/C17H26N2O/c1-4-14(2)15-7-9-16(10-8-15)20-12-6-5-11-17(3,19)13-18/h7-10,14H,4-6,11-12,19H2,1-3H3. The summed E-state index contributed by atoms with van der Waals surface area (Å²) in [6, 6.07) is 10.4. The summed E-state index contributed by atoms with van der Waals surface area (Å²) >= 11 is 0. The molecule has 0 aliphatic rings. The first-order chi connectivity index (χ1) is 9.48. The predicted molar refractivity (Wildman–Crippen MR) is 82.7 cm³/mol. The maximum absolute atomic E-state index is 8.81. The molecule has 0 saturated carbocycles. The summed E-state index contributed by atoms with van der Waals surface area (Å²) in [6.45, 7) is 6.86. The van der Waals surface area contributed by atoms with Gasteiger partial charge in [-0.05, 0) is 56.2 Å². The van der Waals surface area contributed by atoms with Gasteiger partial charge in [0, 0.05) is 0 Å². The zero-order chi connectivity index (χ0) is 15.0. The van der Waals surface area contributed by atoms with Crippen LogP contribution in [-0.4, -0.2) is 12.1 Å². The molecule has 1 aromatic rings. The minimum Gasteiger partial charge on any atom is -0.494 e. The van der Waals surface area contributed by atoms with Crippen molar-refractivity contribution in [1.82, 2.24) is 0 Å². The third kappa shape index (κ3) is 5.63. The summed E-state index contributed by atoms with van der Waals surface area (Å²) in [5.74, 6) is 1.50. The van der Waals surface area contributed by atoms with Crippen LogP contribution in [0.4, 0.5) is 0 Å². The van der Waals surface area contributed by atoms with Crippen molar-refractivity contribution in [3.63, 3.8) is 0 Å². The Kier molecular flexibility index (Phi) is 6.54. The molecule has 0 radical (unpaired) electrons. The first kappa shape index (κ1) is 16.5. The molecule has 0 spiro atoms. The fourth-order valence-corrected chi connectivity index (χ4v) is 1.97. The zero-order valence-corrected chi connectivity index (χ0v) is 12.9. The van der Waals surface area contributed by atoms with Crippen molar-refractivity contribution in [3.8, 4) is 11.8 Å². The molecule has 1 rings (SSSR count). The van der Waals surface area contributed by atoms with Crippen molar-refractivity contribution >= 4 is 0 Å². The molecule has 2 N–H and O–H groups in total. The molecule has 2 unspecified atom stereocenters. The Morgan fingerprint density at radius 3 is 2.50 bits per heavy atom. The van der Waals surface area contributed by atoms with E-state index >= 15 is 0 Å². The van der Waals surface area contributed by atoms with Crippen LogP contribution in [0.5, 0.6) is 5.75 Å². The Labute approximate surface area is 122 Å². The third-order valence-corrected chi connectivity index (χ3v) is 3.68. The number of rotatable bonds is 8. The molecule has 0 bridgehead atoms. The van der Waals surface area contributed by atoms with Gasteiger partial charge in [0.05, 0.1) is 12.7 Å². The zero-order valence-electron chi connectivity index (χ0n) is 12.9. The van der Waals surface area contributed by atoms with Crippen molar-refractivity contribution in [2.45, 2.75) is 57.9 Å². The van der Waals surface area contributed by atoms with Gasteiger partial charge in [0.1, 0.15) is 11.3 Å². The van der Waals surface area contributed by atoms with Crippen molar-refractivity contribution < 1.29 is 4.74 Å². The van der Waals surface area contributed by atoms with E-state index in [0.717, 1.165) is 25.0 Å². The monoisotopic (exact) mass is 274 g/mol. The van der Waals surface area contributed by atoms with Crippen LogP contribution in [0.3, 0.4) is 0 Å². The fourth-order valence-electron chi connectivity index (χ4n) is 1.97. The van der Waals surface area contributed by atoms with Gasteiger partial charge in [0.15, 0.2) is 0 Å². The normalized spacial score (nSPS) is 15.2. The second-order valence-corrected chi connectivity index (χ2v) is 5.71. The molecular formula is C17H26N2O. The Hall–Kier alpha value is -1.53. The third-order valence-electron chi connectivity index (χ3n) is 3.68. The van der Waals surface area contributed by atoms with Crippen LogP contribution >= 0.6 is 0 Å².